The van der Waals surface area contributed by atoms with Gasteiger partial charge in [-0.15, -0.1) is 11.3 Å². The minimum atomic E-state index is -2.69. The maximum atomic E-state index is 13.6. The predicted octanol–water partition coefficient (Wildman–Crippen LogP) is 5.45. The number of thiazole rings is 1. The Bertz CT molecular complexity index is 1210. The normalized spacial score (nSPS) is 20.7. The number of aromatic nitrogens is 3. The predicted molar refractivity (Wildman–Crippen MR) is 127 cm³/mol. The number of aryl methyl sites for hydroxylation is 1. The highest BCUT2D eigenvalue weighted by Gasteiger charge is 2.53. The number of alkyl halides is 2. The SMILES string of the molecule is Cc1ncc(-c2cc(Oc3ccc(NC(=O)N4CCC5(CCC(F)(F)CC5)C4O)nc3)ccn2)s1. The summed E-state index contributed by atoms with van der Waals surface area (Å²) in [5.74, 6) is -1.33. The van der Waals surface area contributed by atoms with Crippen molar-refractivity contribution in [3.63, 3.8) is 0 Å². The van der Waals surface area contributed by atoms with Crippen LogP contribution in [0.2, 0.25) is 0 Å². The van der Waals surface area contributed by atoms with Gasteiger partial charge in [-0.3, -0.25) is 15.2 Å². The minimum absolute atomic E-state index is 0.203. The second-order valence-electron chi connectivity index (χ2n) is 9.07. The standard InChI is InChI=1S/C24H25F2N5O3S/c1-15-28-14-19(35-15)18-12-16(4-10-27-18)34-17-2-3-20(29-13-17)30-22(33)31-11-9-23(21(31)32)5-7-24(25,26)8-6-23/h2-4,10,12-14,21,32H,5-9,11H2,1H3,(H,29,30,33). The first kappa shape index (κ1) is 23.6. The highest BCUT2D eigenvalue weighted by molar-refractivity contribution is 7.15. The lowest BCUT2D eigenvalue weighted by atomic mass is 9.71. The van der Waals surface area contributed by atoms with Gasteiger partial charge in [-0.05, 0) is 44.4 Å². The van der Waals surface area contributed by atoms with Gasteiger partial charge in [0.05, 0.1) is 21.8 Å². The van der Waals surface area contributed by atoms with Gasteiger partial charge < -0.3 is 9.84 Å². The summed E-state index contributed by atoms with van der Waals surface area (Å²) in [6, 6.07) is 6.31. The molecular formula is C24H25F2N5O3S. The van der Waals surface area contributed by atoms with Gasteiger partial charge in [0.1, 0.15) is 23.5 Å². The van der Waals surface area contributed by atoms with Crippen LogP contribution in [0.15, 0.2) is 42.9 Å². The second-order valence-corrected chi connectivity index (χ2v) is 10.3. The van der Waals surface area contributed by atoms with Crippen LogP contribution in [0.5, 0.6) is 11.5 Å². The third-order valence-electron chi connectivity index (χ3n) is 6.74. The molecule has 1 saturated heterocycles. The number of ether oxygens (including phenoxy) is 1. The summed E-state index contributed by atoms with van der Waals surface area (Å²) in [6.45, 7) is 2.24. The van der Waals surface area contributed by atoms with Gasteiger partial charge in [-0.2, -0.15) is 0 Å². The van der Waals surface area contributed by atoms with Gasteiger partial charge in [-0.25, -0.2) is 23.5 Å². The van der Waals surface area contributed by atoms with E-state index in [2.05, 4.69) is 20.3 Å². The van der Waals surface area contributed by atoms with Gasteiger partial charge >= 0.3 is 6.03 Å². The van der Waals surface area contributed by atoms with Crippen LogP contribution in [0.3, 0.4) is 0 Å². The quantitative estimate of drug-likeness (QED) is 0.493. The van der Waals surface area contributed by atoms with Crippen LogP contribution in [0.4, 0.5) is 19.4 Å². The topological polar surface area (TPSA) is 100 Å². The Hall–Kier alpha value is -3.18. The van der Waals surface area contributed by atoms with Gasteiger partial charge in [-0.1, -0.05) is 0 Å². The lowest BCUT2D eigenvalue weighted by Crippen LogP contribution is -2.47. The van der Waals surface area contributed by atoms with Crippen molar-refractivity contribution in [2.75, 3.05) is 11.9 Å². The van der Waals surface area contributed by atoms with Crippen LogP contribution in [0.25, 0.3) is 10.6 Å². The van der Waals surface area contributed by atoms with Crippen LogP contribution in [0, 0.1) is 12.3 Å². The van der Waals surface area contributed by atoms with Gasteiger partial charge in [0.15, 0.2) is 0 Å². The highest BCUT2D eigenvalue weighted by Crippen LogP contribution is 2.51. The molecule has 8 nitrogen and oxygen atoms in total. The molecule has 3 aromatic rings. The highest BCUT2D eigenvalue weighted by atomic mass is 32.1. The maximum absolute atomic E-state index is 13.6. The van der Waals surface area contributed by atoms with E-state index in [0.29, 0.717) is 30.3 Å². The molecule has 0 bridgehead atoms. The monoisotopic (exact) mass is 501 g/mol. The molecule has 184 valence electrons. The fourth-order valence-corrected chi connectivity index (χ4v) is 5.43. The summed E-state index contributed by atoms with van der Waals surface area (Å²) < 4.78 is 33.0. The summed E-state index contributed by atoms with van der Waals surface area (Å²) in [5, 5.41) is 14.4. The van der Waals surface area contributed by atoms with Gasteiger partial charge in [0.2, 0.25) is 5.92 Å². The molecule has 2 N–H and O–H groups in total. The fourth-order valence-electron chi connectivity index (χ4n) is 4.68. The molecule has 1 spiro atoms. The first-order valence-corrected chi connectivity index (χ1v) is 12.2. The lowest BCUT2D eigenvalue weighted by molar-refractivity contribution is -0.107. The number of anilines is 1. The Morgan fingerprint density at radius 2 is 1.91 bits per heavy atom. The van der Waals surface area contributed by atoms with Crippen molar-refractivity contribution in [1.29, 1.82) is 0 Å². The molecule has 0 aromatic carbocycles. The number of hydrogen-bond donors (Lipinski definition) is 2. The van der Waals surface area contributed by atoms with Crippen LogP contribution >= 0.6 is 11.3 Å². The van der Waals surface area contributed by atoms with Crippen LogP contribution in [-0.4, -0.2) is 49.7 Å². The summed E-state index contributed by atoms with van der Waals surface area (Å²) >= 11 is 1.54. The van der Waals surface area contributed by atoms with Crippen molar-refractivity contribution in [1.82, 2.24) is 19.9 Å². The van der Waals surface area contributed by atoms with E-state index in [0.717, 1.165) is 15.6 Å². The zero-order chi connectivity index (χ0) is 24.6. The summed E-state index contributed by atoms with van der Waals surface area (Å²) in [6.07, 6.45) is 4.21. The minimum Gasteiger partial charge on any atom is -0.456 e. The number of halogens is 2. The lowest BCUT2D eigenvalue weighted by Gasteiger charge is -2.40. The van der Waals surface area contributed by atoms with E-state index in [1.807, 2.05) is 13.0 Å². The van der Waals surface area contributed by atoms with Crippen molar-refractivity contribution in [3.05, 3.63) is 47.9 Å². The molecule has 1 aliphatic carbocycles. The Kier molecular flexibility index (Phi) is 6.14. The van der Waals surface area contributed by atoms with Gasteiger partial charge in [0, 0.05) is 43.3 Å². The number of nitrogens with zero attached hydrogens (tertiary/aromatic N) is 4. The Balaban J connectivity index is 1.20. The number of hydrogen-bond acceptors (Lipinski definition) is 7. The molecule has 1 atom stereocenters. The maximum Gasteiger partial charge on any atom is 0.325 e. The molecule has 2 amide bonds. The van der Waals surface area contributed by atoms with Crippen molar-refractivity contribution in [3.8, 4) is 22.1 Å². The van der Waals surface area contributed by atoms with E-state index in [1.165, 1.54) is 11.1 Å². The third kappa shape index (κ3) is 4.96. The molecule has 35 heavy (non-hydrogen) atoms. The molecule has 1 unspecified atom stereocenters. The van der Waals surface area contributed by atoms with E-state index in [4.69, 9.17) is 4.74 Å². The van der Waals surface area contributed by atoms with Gasteiger partial charge in [0.25, 0.3) is 0 Å². The Morgan fingerprint density at radius 3 is 2.60 bits per heavy atom. The largest absolute Gasteiger partial charge is 0.456 e. The smallest absolute Gasteiger partial charge is 0.325 e. The number of urea groups is 1. The van der Waals surface area contributed by atoms with Crippen molar-refractivity contribution in [2.24, 2.45) is 5.41 Å². The van der Waals surface area contributed by atoms with Crippen molar-refractivity contribution < 1.29 is 23.4 Å². The number of pyridine rings is 2. The molecular weight excluding hydrogens is 476 g/mol. The number of likely N-dealkylation sites (tertiary alicyclic amines) is 1. The number of aliphatic hydroxyl groups is 1. The third-order valence-corrected chi connectivity index (χ3v) is 7.68. The first-order valence-electron chi connectivity index (χ1n) is 11.4. The molecule has 1 saturated carbocycles. The zero-order valence-corrected chi connectivity index (χ0v) is 19.9. The number of aliphatic hydroxyl groups excluding tert-OH is 1. The first-order chi connectivity index (χ1) is 16.7. The molecule has 2 fully saturated rings. The van der Waals surface area contributed by atoms with E-state index in [-0.39, 0.29) is 25.7 Å². The Morgan fingerprint density at radius 1 is 1.11 bits per heavy atom. The number of rotatable bonds is 4. The number of carbonyl (C=O) groups is 1. The Labute approximate surface area is 205 Å². The van der Waals surface area contributed by atoms with Crippen molar-refractivity contribution >= 4 is 23.2 Å². The fraction of sp³-hybridized carbons (Fsp3) is 0.417. The summed E-state index contributed by atoms with van der Waals surface area (Å²) in [7, 11) is 0. The molecule has 4 heterocycles. The number of amides is 2. The molecule has 1 aliphatic heterocycles. The zero-order valence-electron chi connectivity index (χ0n) is 19.1. The van der Waals surface area contributed by atoms with Crippen LogP contribution in [0.1, 0.15) is 37.1 Å². The summed E-state index contributed by atoms with van der Waals surface area (Å²) in [4.78, 5) is 27.8. The summed E-state index contributed by atoms with van der Waals surface area (Å²) in [5.41, 5.74) is 0.0966. The number of nitrogens with one attached hydrogen (secondary N) is 1. The average Bonchev–Trinajstić information content (AvgIpc) is 3.41. The average molecular weight is 502 g/mol. The molecule has 3 aromatic heterocycles. The molecule has 2 aliphatic rings. The van der Waals surface area contributed by atoms with Crippen molar-refractivity contribution in [2.45, 2.75) is 51.2 Å². The van der Waals surface area contributed by atoms with E-state index >= 15 is 0 Å². The molecule has 11 heteroatoms. The molecule has 0 radical (unpaired) electrons. The van der Waals surface area contributed by atoms with E-state index in [9.17, 15) is 18.7 Å². The van der Waals surface area contributed by atoms with Crippen LogP contribution < -0.4 is 10.1 Å². The van der Waals surface area contributed by atoms with E-state index in [1.54, 1.807) is 41.9 Å². The van der Waals surface area contributed by atoms with Crippen LogP contribution in [-0.2, 0) is 0 Å². The van der Waals surface area contributed by atoms with E-state index < -0.39 is 23.6 Å². The molecule has 5 rings (SSSR count). The number of carbonyl (C=O) groups excluding carboxylic acids is 1. The second kappa shape index (κ2) is 9.12.